The molecule has 0 aromatic carbocycles. The molecule has 1 saturated heterocycles. The largest absolute Gasteiger partial charge is 0.350 e. The molecule has 3 aromatic rings. The normalized spacial score (nSPS) is 17.7. The third kappa shape index (κ3) is 3.00. The SMILES string of the molecule is CCc1nc(C2CCCN(C(=O)Cn3nc4ccccn4c3=O)C2)no1. The van der Waals surface area contributed by atoms with Crippen LogP contribution in [-0.4, -0.2) is 48.2 Å². The van der Waals surface area contributed by atoms with E-state index in [1.54, 1.807) is 29.3 Å². The lowest BCUT2D eigenvalue weighted by atomic mass is 9.97. The number of carbonyl (C=O) groups is 1. The number of carbonyl (C=O) groups excluding carboxylic acids is 1. The second-order valence-corrected chi connectivity index (χ2v) is 6.45. The zero-order valence-electron chi connectivity index (χ0n) is 14.5. The van der Waals surface area contributed by atoms with Crippen LogP contribution in [0.25, 0.3) is 5.65 Å². The maximum atomic E-state index is 12.7. The molecular formula is C17H20N6O3. The second kappa shape index (κ2) is 6.74. The van der Waals surface area contributed by atoms with Gasteiger partial charge in [0.05, 0.1) is 0 Å². The van der Waals surface area contributed by atoms with E-state index < -0.39 is 0 Å². The highest BCUT2D eigenvalue weighted by Crippen LogP contribution is 2.25. The third-order valence-corrected chi connectivity index (χ3v) is 4.70. The smallest absolute Gasteiger partial charge is 0.340 e. The molecule has 0 N–H and O–H groups in total. The Bertz CT molecular complexity index is 988. The number of fused-ring (bicyclic) bond motifs is 1. The Hall–Kier alpha value is -2.97. The summed E-state index contributed by atoms with van der Waals surface area (Å²) in [5, 5.41) is 8.26. The van der Waals surface area contributed by atoms with Crippen LogP contribution in [0.3, 0.4) is 0 Å². The fourth-order valence-corrected chi connectivity index (χ4v) is 3.29. The number of pyridine rings is 1. The van der Waals surface area contributed by atoms with Gasteiger partial charge in [0, 0.05) is 31.6 Å². The fraction of sp³-hybridized carbons (Fsp3) is 0.471. The maximum absolute atomic E-state index is 12.7. The van der Waals surface area contributed by atoms with E-state index in [1.807, 2.05) is 6.92 Å². The molecule has 0 aliphatic carbocycles. The topological polar surface area (TPSA) is 98.5 Å². The van der Waals surface area contributed by atoms with Gasteiger partial charge in [0.25, 0.3) is 0 Å². The van der Waals surface area contributed by atoms with Crippen molar-refractivity contribution in [1.82, 2.24) is 29.2 Å². The summed E-state index contributed by atoms with van der Waals surface area (Å²) in [5.41, 5.74) is 0.217. The Balaban J connectivity index is 1.48. The van der Waals surface area contributed by atoms with Gasteiger partial charge in [0.2, 0.25) is 11.8 Å². The monoisotopic (exact) mass is 356 g/mol. The van der Waals surface area contributed by atoms with Crippen molar-refractivity contribution in [2.24, 2.45) is 0 Å². The Labute approximate surface area is 149 Å². The summed E-state index contributed by atoms with van der Waals surface area (Å²) in [6.07, 6.45) is 4.12. The zero-order valence-corrected chi connectivity index (χ0v) is 14.5. The van der Waals surface area contributed by atoms with Crippen LogP contribution in [0.1, 0.15) is 37.4 Å². The number of amides is 1. The van der Waals surface area contributed by atoms with E-state index >= 15 is 0 Å². The number of nitrogens with zero attached hydrogens (tertiary/aromatic N) is 6. The van der Waals surface area contributed by atoms with Crippen molar-refractivity contribution in [2.75, 3.05) is 13.1 Å². The van der Waals surface area contributed by atoms with E-state index in [0.29, 0.717) is 36.9 Å². The molecule has 1 atom stereocenters. The highest BCUT2D eigenvalue weighted by Gasteiger charge is 2.28. The molecule has 1 aliphatic rings. The van der Waals surface area contributed by atoms with E-state index in [1.165, 1.54) is 9.08 Å². The van der Waals surface area contributed by atoms with Gasteiger partial charge in [-0.1, -0.05) is 18.1 Å². The first kappa shape index (κ1) is 16.5. The molecule has 1 fully saturated rings. The van der Waals surface area contributed by atoms with Crippen molar-refractivity contribution in [3.8, 4) is 0 Å². The number of rotatable bonds is 4. The highest BCUT2D eigenvalue weighted by molar-refractivity contribution is 5.76. The summed E-state index contributed by atoms with van der Waals surface area (Å²) in [7, 11) is 0. The molecular weight excluding hydrogens is 336 g/mol. The summed E-state index contributed by atoms with van der Waals surface area (Å²) in [4.78, 5) is 31.2. The van der Waals surface area contributed by atoms with Crippen LogP contribution in [-0.2, 0) is 17.8 Å². The van der Waals surface area contributed by atoms with Gasteiger partial charge >= 0.3 is 5.69 Å². The van der Waals surface area contributed by atoms with Gasteiger partial charge in [-0.15, -0.1) is 5.10 Å². The second-order valence-electron chi connectivity index (χ2n) is 6.45. The molecule has 0 saturated carbocycles. The predicted octanol–water partition coefficient (Wildman–Crippen LogP) is 0.848. The fourth-order valence-electron chi connectivity index (χ4n) is 3.29. The van der Waals surface area contributed by atoms with Gasteiger partial charge in [0.15, 0.2) is 11.5 Å². The van der Waals surface area contributed by atoms with Crippen LogP contribution >= 0.6 is 0 Å². The summed E-state index contributed by atoms with van der Waals surface area (Å²) in [6, 6.07) is 5.30. The molecule has 136 valence electrons. The van der Waals surface area contributed by atoms with Crippen molar-refractivity contribution in [3.63, 3.8) is 0 Å². The van der Waals surface area contributed by atoms with Crippen molar-refractivity contribution in [1.29, 1.82) is 0 Å². The van der Waals surface area contributed by atoms with Crippen molar-refractivity contribution in [3.05, 3.63) is 46.6 Å². The lowest BCUT2D eigenvalue weighted by molar-refractivity contribution is -0.133. The number of likely N-dealkylation sites (tertiary alicyclic amines) is 1. The summed E-state index contributed by atoms with van der Waals surface area (Å²) in [6.45, 7) is 3.08. The predicted molar refractivity (Wildman–Crippen MR) is 91.7 cm³/mol. The van der Waals surface area contributed by atoms with E-state index in [9.17, 15) is 9.59 Å². The molecule has 9 heteroatoms. The van der Waals surface area contributed by atoms with E-state index in [2.05, 4.69) is 15.2 Å². The molecule has 0 bridgehead atoms. The van der Waals surface area contributed by atoms with Gasteiger partial charge in [-0.2, -0.15) is 4.98 Å². The molecule has 1 amide bonds. The van der Waals surface area contributed by atoms with Gasteiger partial charge < -0.3 is 9.42 Å². The average molecular weight is 356 g/mol. The standard InChI is InChI=1S/C17H20N6O3/c1-2-14-18-16(20-26-14)12-6-5-8-21(10-12)15(24)11-23-17(25)22-9-4-3-7-13(22)19-23/h3-4,7,9,12H,2,5-6,8,10-11H2,1H3. The number of aryl methyl sites for hydroxylation is 1. The third-order valence-electron chi connectivity index (χ3n) is 4.70. The Morgan fingerprint density at radius 3 is 3.04 bits per heavy atom. The number of hydrogen-bond acceptors (Lipinski definition) is 6. The van der Waals surface area contributed by atoms with Gasteiger partial charge in [-0.05, 0) is 25.0 Å². The average Bonchev–Trinajstić information content (AvgIpc) is 3.27. The molecule has 26 heavy (non-hydrogen) atoms. The minimum atomic E-state index is -0.312. The van der Waals surface area contributed by atoms with Crippen LogP contribution in [0.5, 0.6) is 0 Å². The molecule has 0 radical (unpaired) electrons. The van der Waals surface area contributed by atoms with Gasteiger partial charge in [0.1, 0.15) is 6.54 Å². The molecule has 1 aliphatic heterocycles. The molecule has 4 heterocycles. The van der Waals surface area contributed by atoms with E-state index in [4.69, 9.17) is 4.52 Å². The summed E-state index contributed by atoms with van der Waals surface area (Å²) >= 11 is 0. The van der Waals surface area contributed by atoms with Crippen LogP contribution < -0.4 is 5.69 Å². The maximum Gasteiger partial charge on any atom is 0.350 e. The summed E-state index contributed by atoms with van der Waals surface area (Å²) in [5.74, 6) is 1.21. The Kier molecular flexibility index (Phi) is 4.27. The quantitative estimate of drug-likeness (QED) is 0.687. The number of piperidine rings is 1. The first-order valence-corrected chi connectivity index (χ1v) is 8.80. The molecule has 9 nitrogen and oxygen atoms in total. The van der Waals surface area contributed by atoms with Crippen molar-refractivity contribution in [2.45, 2.75) is 38.6 Å². The lowest BCUT2D eigenvalue weighted by Gasteiger charge is -2.31. The van der Waals surface area contributed by atoms with Crippen LogP contribution in [0, 0.1) is 0 Å². The van der Waals surface area contributed by atoms with E-state index in [0.717, 1.165) is 12.8 Å². The first-order chi connectivity index (χ1) is 12.7. The van der Waals surface area contributed by atoms with Gasteiger partial charge in [-0.3, -0.25) is 9.20 Å². The Morgan fingerprint density at radius 2 is 2.27 bits per heavy atom. The van der Waals surface area contributed by atoms with Gasteiger partial charge in [-0.25, -0.2) is 9.48 Å². The Morgan fingerprint density at radius 1 is 1.38 bits per heavy atom. The molecule has 0 spiro atoms. The van der Waals surface area contributed by atoms with Crippen molar-refractivity contribution < 1.29 is 9.32 Å². The molecule has 3 aromatic heterocycles. The van der Waals surface area contributed by atoms with E-state index in [-0.39, 0.29) is 24.1 Å². The summed E-state index contributed by atoms with van der Waals surface area (Å²) < 4.78 is 7.83. The molecule has 4 rings (SSSR count). The van der Waals surface area contributed by atoms with Crippen LogP contribution in [0.4, 0.5) is 0 Å². The number of aromatic nitrogens is 5. The zero-order chi connectivity index (χ0) is 18.1. The van der Waals surface area contributed by atoms with Crippen LogP contribution in [0.2, 0.25) is 0 Å². The van der Waals surface area contributed by atoms with Crippen LogP contribution in [0.15, 0.2) is 33.7 Å². The minimum Gasteiger partial charge on any atom is -0.340 e. The number of hydrogen-bond donors (Lipinski definition) is 0. The lowest BCUT2D eigenvalue weighted by Crippen LogP contribution is -2.42. The highest BCUT2D eigenvalue weighted by atomic mass is 16.5. The molecule has 1 unspecified atom stereocenters. The first-order valence-electron chi connectivity index (χ1n) is 8.80. The van der Waals surface area contributed by atoms with Crippen molar-refractivity contribution >= 4 is 11.6 Å². The minimum absolute atomic E-state index is 0.0644.